The van der Waals surface area contributed by atoms with Crippen LogP contribution >= 0.6 is 0 Å². The van der Waals surface area contributed by atoms with Crippen LogP contribution in [0, 0.1) is 5.92 Å². The molecule has 0 saturated carbocycles. The molecule has 3 rings (SSSR count). The van der Waals surface area contributed by atoms with Crippen molar-refractivity contribution in [1.82, 2.24) is 10.2 Å². The molecule has 0 fully saturated rings. The highest BCUT2D eigenvalue weighted by Crippen LogP contribution is 2.26. The van der Waals surface area contributed by atoms with Crippen molar-refractivity contribution in [1.29, 1.82) is 0 Å². The van der Waals surface area contributed by atoms with E-state index in [2.05, 4.69) is 34.5 Å². The van der Waals surface area contributed by atoms with Gasteiger partial charge in [0.05, 0.1) is 7.11 Å². The molecule has 0 saturated heterocycles. The SMILES string of the molecule is COC(=O)C(CC(C)C)NC(=O)C(c1ccccc1)N(Cc1ccccc1)Cc1ccccc1. The highest BCUT2D eigenvalue weighted by molar-refractivity contribution is 5.88. The molecular weight excluding hydrogens is 424 g/mol. The van der Waals surface area contributed by atoms with Gasteiger partial charge in [0.15, 0.2) is 0 Å². The molecular formula is C29H34N2O3. The molecule has 2 unspecified atom stereocenters. The number of esters is 1. The van der Waals surface area contributed by atoms with E-state index >= 15 is 0 Å². The maximum absolute atomic E-state index is 13.8. The van der Waals surface area contributed by atoms with Gasteiger partial charge in [0.25, 0.3) is 0 Å². The monoisotopic (exact) mass is 458 g/mol. The van der Waals surface area contributed by atoms with Gasteiger partial charge in [0.1, 0.15) is 12.1 Å². The van der Waals surface area contributed by atoms with E-state index in [1.54, 1.807) is 0 Å². The van der Waals surface area contributed by atoms with Gasteiger partial charge in [-0.1, -0.05) is 105 Å². The molecule has 0 heterocycles. The Hall–Kier alpha value is -3.44. The minimum atomic E-state index is -0.695. The van der Waals surface area contributed by atoms with Gasteiger partial charge in [-0.25, -0.2) is 4.79 Å². The Bertz CT molecular complexity index is 982. The van der Waals surface area contributed by atoms with Crippen LogP contribution in [0.2, 0.25) is 0 Å². The summed E-state index contributed by atoms with van der Waals surface area (Å²) in [5.74, 6) is -0.412. The topological polar surface area (TPSA) is 58.6 Å². The third kappa shape index (κ3) is 7.29. The quantitative estimate of drug-likeness (QED) is 0.405. The van der Waals surface area contributed by atoms with Crippen LogP contribution in [-0.2, 0) is 27.4 Å². The largest absolute Gasteiger partial charge is 0.467 e. The predicted molar refractivity (Wildman–Crippen MR) is 135 cm³/mol. The molecule has 1 N–H and O–H groups in total. The summed E-state index contributed by atoms with van der Waals surface area (Å²) in [6.45, 7) is 5.20. The first kappa shape index (κ1) is 25.2. The molecule has 3 aromatic carbocycles. The standard InChI is InChI=1S/C29H34N2O3/c1-22(2)19-26(29(33)34-3)30-28(32)27(25-17-11-6-12-18-25)31(20-23-13-7-4-8-14-23)21-24-15-9-5-10-16-24/h4-18,22,26-27H,19-21H2,1-3H3,(H,30,32). The van der Waals surface area contributed by atoms with Crippen molar-refractivity contribution in [3.8, 4) is 0 Å². The van der Waals surface area contributed by atoms with E-state index in [0.717, 1.165) is 16.7 Å². The van der Waals surface area contributed by atoms with Gasteiger partial charge >= 0.3 is 5.97 Å². The highest BCUT2D eigenvalue weighted by atomic mass is 16.5. The van der Waals surface area contributed by atoms with Gasteiger partial charge in [0, 0.05) is 13.1 Å². The van der Waals surface area contributed by atoms with Crippen LogP contribution in [0.5, 0.6) is 0 Å². The zero-order valence-corrected chi connectivity index (χ0v) is 20.2. The number of methoxy groups -OCH3 is 1. The lowest BCUT2D eigenvalue weighted by Gasteiger charge is -2.32. The second kappa shape index (κ2) is 12.7. The number of nitrogens with one attached hydrogen (secondary N) is 1. The summed E-state index contributed by atoms with van der Waals surface area (Å²) >= 11 is 0. The average molecular weight is 459 g/mol. The number of benzene rings is 3. The maximum atomic E-state index is 13.8. The zero-order valence-electron chi connectivity index (χ0n) is 20.2. The van der Waals surface area contributed by atoms with Crippen molar-refractivity contribution >= 4 is 11.9 Å². The number of hydrogen-bond donors (Lipinski definition) is 1. The molecule has 178 valence electrons. The van der Waals surface area contributed by atoms with Crippen molar-refractivity contribution in [3.05, 3.63) is 108 Å². The fourth-order valence-electron chi connectivity index (χ4n) is 4.12. The molecule has 2 atom stereocenters. The van der Waals surface area contributed by atoms with E-state index in [1.165, 1.54) is 7.11 Å². The lowest BCUT2D eigenvalue weighted by Crippen LogP contribution is -2.48. The van der Waals surface area contributed by atoms with Crippen LogP contribution in [-0.4, -0.2) is 29.9 Å². The summed E-state index contributed by atoms with van der Waals surface area (Å²) in [5.41, 5.74) is 3.10. The molecule has 5 nitrogen and oxygen atoms in total. The van der Waals surface area contributed by atoms with Crippen LogP contribution in [0.3, 0.4) is 0 Å². The summed E-state index contributed by atoms with van der Waals surface area (Å²) in [5, 5.41) is 2.99. The normalized spacial score (nSPS) is 12.9. The van der Waals surface area contributed by atoms with E-state index in [-0.39, 0.29) is 11.8 Å². The molecule has 0 radical (unpaired) electrons. The molecule has 5 heteroatoms. The number of rotatable bonds is 11. The third-order valence-electron chi connectivity index (χ3n) is 5.70. The van der Waals surface area contributed by atoms with Gasteiger partial charge in [0.2, 0.25) is 5.91 Å². The van der Waals surface area contributed by atoms with Crippen molar-refractivity contribution in [2.24, 2.45) is 5.92 Å². The molecule has 0 aliphatic heterocycles. The van der Waals surface area contributed by atoms with Crippen LogP contribution in [0.4, 0.5) is 0 Å². The fourth-order valence-corrected chi connectivity index (χ4v) is 4.12. The van der Waals surface area contributed by atoms with Gasteiger partial charge in [-0.15, -0.1) is 0 Å². The van der Waals surface area contributed by atoms with Crippen LogP contribution in [0.15, 0.2) is 91.0 Å². The van der Waals surface area contributed by atoms with E-state index in [1.807, 2.05) is 80.6 Å². The molecule has 3 aromatic rings. The van der Waals surface area contributed by atoms with Crippen LogP contribution < -0.4 is 5.32 Å². The lowest BCUT2D eigenvalue weighted by molar-refractivity contribution is -0.146. The predicted octanol–water partition coefficient (Wildman–Crippen LogP) is 5.13. The summed E-state index contributed by atoms with van der Waals surface area (Å²) in [6, 6.07) is 28.7. The molecule has 0 aliphatic rings. The van der Waals surface area contributed by atoms with Crippen molar-refractivity contribution in [2.75, 3.05) is 7.11 Å². The van der Waals surface area contributed by atoms with Crippen LogP contribution in [0.1, 0.15) is 43.0 Å². The Balaban J connectivity index is 1.98. The van der Waals surface area contributed by atoms with E-state index in [4.69, 9.17) is 4.74 Å². The number of carbonyl (C=O) groups is 2. The third-order valence-corrected chi connectivity index (χ3v) is 5.70. The number of carbonyl (C=O) groups excluding carboxylic acids is 2. The smallest absolute Gasteiger partial charge is 0.328 e. The Morgan fingerprint density at radius 3 is 1.71 bits per heavy atom. The zero-order chi connectivity index (χ0) is 24.3. The maximum Gasteiger partial charge on any atom is 0.328 e. The minimum Gasteiger partial charge on any atom is -0.467 e. The summed E-state index contributed by atoms with van der Waals surface area (Å²) in [4.78, 5) is 28.4. The van der Waals surface area contributed by atoms with Crippen molar-refractivity contribution in [3.63, 3.8) is 0 Å². The Morgan fingerprint density at radius 2 is 1.26 bits per heavy atom. The van der Waals surface area contributed by atoms with E-state index in [0.29, 0.717) is 19.5 Å². The van der Waals surface area contributed by atoms with E-state index in [9.17, 15) is 9.59 Å². The number of ether oxygens (including phenoxy) is 1. The van der Waals surface area contributed by atoms with Gasteiger partial charge < -0.3 is 10.1 Å². The van der Waals surface area contributed by atoms with Crippen molar-refractivity contribution in [2.45, 2.75) is 45.4 Å². The Labute approximate surface area is 202 Å². The first-order valence-corrected chi connectivity index (χ1v) is 11.7. The summed E-state index contributed by atoms with van der Waals surface area (Å²) in [7, 11) is 1.35. The molecule has 34 heavy (non-hydrogen) atoms. The molecule has 0 bridgehead atoms. The second-order valence-corrected chi connectivity index (χ2v) is 8.90. The van der Waals surface area contributed by atoms with Gasteiger partial charge in [-0.3, -0.25) is 9.69 Å². The molecule has 0 aliphatic carbocycles. The number of amides is 1. The van der Waals surface area contributed by atoms with Gasteiger partial charge in [-0.2, -0.15) is 0 Å². The molecule has 0 aromatic heterocycles. The van der Waals surface area contributed by atoms with E-state index < -0.39 is 18.1 Å². The first-order valence-electron chi connectivity index (χ1n) is 11.7. The molecule has 1 amide bonds. The fraction of sp³-hybridized carbons (Fsp3) is 0.310. The summed E-state index contributed by atoms with van der Waals surface area (Å²) in [6.07, 6.45) is 0.511. The first-order chi connectivity index (χ1) is 16.5. The average Bonchev–Trinajstić information content (AvgIpc) is 2.85. The minimum absolute atomic E-state index is 0.214. The Kier molecular flexibility index (Phi) is 9.41. The molecule has 0 spiro atoms. The lowest BCUT2D eigenvalue weighted by atomic mass is 9.99. The number of hydrogen-bond acceptors (Lipinski definition) is 4. The van der Waals surface area contributed by atoms with Crippen LogP contribution in [0.25, 0.3) is 0 Å². The number of nitrogens with zero attached hydrogens (tertiary/aromatic N) is 1. The second-order valence-electron chi connectivity index (χ2n) is 8.90. The summed E-state index contributed by atoms with van der Waals surface area (Å²) < 4.78 is 4.98. The Morgan fingerprint density at radius 1 is 0.794 bits per heavy atom. The highest BCUT2D eigenvalue weighted by Gasteiger charge is 2.32. The van der Waals surface area contributed by atoms with Gasteiger partial charge in [-0.05, 0) is 29.0 Å². The van der Waals surface area contributed by atoms with Crippen molar-refractivity contribution < 1.29 is 14.3 Å².